The van der Waals surface area contributed by atoms with Gasteiger partial charge in [0.25, 0.3) is 0 Å². The van der Waals surface area contributed by atoms with Gasteiger partial charge in [0.15, 0.2) is 0 Å². The van der Waals surface area contributed by atoms with Gasteiger partial charge in [-0.05, 0) is 48.9 Å². The molecule has 0 N–H and O–H groups in total. The Morgan fingerprint density at radius 3 is 2.21 bits per heavy atom. The Kier molecular flexibility index (Phi) is 2.42. The van der Waals surface area contributed by atoms with E-state index >= 15 is 0 Å². The molecule has 0 unspecified atom stereocenters. The first-order valence-corrected chi connectivity index (χ1v) is 5.60. The zero-order valence-corrected chi connectivity index (χ0v) is 9.53. The lowest BCUT2D eigenvalue weighted by atomic mass is 9.96. The Bertz CT molecular complexity index is 415. The number of hydrogen-bond acceptors (Lipinski definition) is 1. The number of aryl methyl sites for hydroxylation is 3. The molecule has 2 aromatic rings. The quantitative estimate of drug-likeness (QED) is 0.650. The molecule has 0 aliphatic heterocycles. The fraction of sp³-hybridized carbons (Fsp3) is 0.231. The van der Waals surface area contributed by atoms with Crippen molar-refractivity contribution in [3.63, 3.8) is 0 Å². The van der Waals surface area contributed by atoms with Crippen LogP contribution in [-0.4, -0.2) is 0 Å². The molecule has 1 heterocycles. The summed E-state index contributed by atoms with van der Waals surface area (Å²) in [5.41, 5.74) is 6.59. The van der Waals surface area contributed by atoms with Crippen molar-refractivity contribution >= 4 is 11.3 Å². The summed E-state index contributed by atoms with van der Waals surface area (Å²) in [7, 11) is 0. The van der Waals surface area contributed by atoms with Gasteiger partial charge in [-0.25, -0.2) is 0 Å². The van der Waals surface area contributed by atoms with Gasteiger partial charge in [-0.2, -0.15) is 0 Å². The maximum Gasteiger partial charge on any atom is 0.0527 e. The Morgan fingerprint density at radius 1 is 1.07 bits per heavy atom. The molecule has 14 heavy (non-hydrogen) atoms. The minimum Gasteiger partial charge on any atom is -0.142 e. The topological polar surface area (TPSA) is 0 Å². The third-order valence-electron chi connectivity index (χ3n) is 2.42. The van der Waals surface area contributed by atoms with Crippen LogP contribution < -0.4 is 0 Å². The minimum atomic E-state index is 1.23. The van der Waals surface area contributed by atoms with E-state index in [2.05, 4.69) is 49.7 Å². The van der Waals surface area contributed by atoms with Crippen LogP contribution in [0.3, 0.4) is 0 Å². The molecule has 0 amide bonds. The second-order valence-electron chi connectivity index (χ2n) is 3.71. The van der Waals surface area contributed by atoms with Crippen molar-refractivity contribution in [2.24, 2.45) is 0 Å². The Morgan fingerprint density at radius 2 is 1.71 bits per heavy atom. The molecule has 2 rings (SSSR count). The monoisotopic (exact) mass is 201 g/mol. The van der Waals surface area contributed by atoms with Crippen molar-refractivity contribution in [2.45, 2.75) is 20.8 Å². The van der Waals surface area contributed by atoms with Gasteiger partial charge in [-0.15, -0.1) is 11.3 Å². The summed E-state index contributed by atoms with van der Waals surface area (Å²) in [5.74, 6) is 0. The zero-order valence-electron chi connectivity index (χ0n) is 8.72. The molecule has 0 saturated carbocycles. The summed E-state index contributed by atoms with van der Waals surface area (Å²) in [6.45, 7) is 6.47. The van der Waals surface area contributed by atoms with Crippen molar-refractivity contribution < 1.29 is 0 Å². The van der Waals surface area contributed by atoms with E-state index in [0.717, 1.165) is 0 Å². The van der Waals surface area contributed by atoms with Gasteiger partial charge in [0.1, 0.15) is 0 Å². The second kappa shape index (κ2) is 3.58. The third kappa shape index (κ3) is 1.60. The second-order valence-corrected chi connectivity index (χ2v) is 4.42. The van der Waals surface area contributed by atoms with Gasteiger partial charge in [-0.3, -0.25) is 0 Å². The normalized spacial score (nSPS) is 10.5. The molecule has 71 valence electrons. The summed E-state index contributed by atoms with van der Waals surface area (Å²) in [6, 6.07) is 6.59. The van der Waals surface area contributed by atoms with E-state index in [9.17, 15) is 0 Å². The first-order valence-electron chi connectivity index (χ1n) is 4.72. The van der Waals surface area contributed by atoms with Gasteiger partial charge in [0, 0.05) is 5.56 Å². The van der Waals surface area contributed by atoms with Crippen LogP contribution in [0.15, 0.2) is 23.6 Å². The van der Waals surface area contributed by atoms with Crippen LogP contribution in [0.25, 0.3) is 11.1 Å². The Labute approximate surface area is 89.2 Å². The molecule has 1 aromatic heterocycles. The average Bonchev–Trinajstić information content (AvgIpc) is 2.54. The lowest BCUT2D eigenvalue weighted by molar-refractivity contribution is 1.32. The molecule has 0 bridgehead atoms. The lowest BCUT2D eigenvalue weighted by Gasteiger charge is -2.09. The molecular formula is C13H13S. The Balaban J connectivity index is 2.64. The first kappa shape index (κ1) is 9.47. The van der Waals surface area contributed by atoms with Crippen molar-refractivity contribution in [3.05, 3.63) is 45.6 Å². The van der Waals surface area contributed by atoms with Gasteiger partial charge in [0.05, 0.1) is 5.38 Å². The van der Waals surface area contributed by atoms with E-state index in [1.54, 1.807) is 11.3 Å². The highest BCUT2D eigenvalue weighted by molar-refractivity contribution is 7.07. The van der Waals surface area contributed by atoms with E-state index in [1.807, 2.05) is 0 Å². The highest BCUT2D eigenvalue weighted by atomic mass is 32.1. The molecular weight excluding hydrogens is 188 g/mol. The molecule has 0 nitrogen and oxygen atoms in total. The molecule has 0 aliphatic carbocycles. The molecule has 0 spiro atoms. The van der Waals surface area contributed by atoms with Gasteiger partial charge < -0.3 is 0 Å². The number of benzene rings is 1. The molecule has 1 radical (unpaired) electrons. The van der Waals surface area contributed by atoms with Crippen LogP contribution in [0.4, 0.5) is 0 Å². The molecule has 0 atom stereocenters. The number of thiophene rings is 1. The minimum absolute atomic E-state index is 1.23. The van der Waals surface area contributed by atoms with Gasteiger partial charge in [0.2, 0.25) is 0 Å². The van der Waals surface area contributed by atoms with E-state index in [-0.39, 0.29) is 0 Å². The van der Waals surface area contributed by atoms with Crippen molar-refractivity contribution in [1.29, 1.82) is 0 Å². The lowest BCUT2D eigenvalue weighted by Crippen LogP contribution is -1.88. The summed E-state index contributed by atoms with van der Waals surface area (Å²) >= 11 is 1.63. The van der Waals surface area contributed by atoms with E-state index in [4.69, 9.17) is 0 Å². The predicted octanol–water partition coefficient (Wildman–Crippen LogP) is 4.14. The summed E-state index contributed by atoms with van der Waals surface area (Å²) < 4.78 is 0. The van der Waals surface area contributed by atoms with Crippen molar-refractivity contribution in [3.8, 4) is 11.1 Å². The van der Waals surface area contributed by atoms with Crippen LogP contribution in [0, 0.1) is 26.2 Å². The average molecular weight is 201 g/mol. The molecule has 0 saturated heterocycles. The van der Waals surface area contributed by atoms with Crippen molar-refractivity contribution in [1.82, 2.24) is 0 Å². The zero-order chi connectivity index (χ0) is 10.1. The van der Waals surface area contributed by atoms with E-state index < -0.39 is 0 Å². The largest absolute Gasteiger partial charge is 0.142 e. The maximum absolute atomic E-state index is 3.30. The van der Waals surface area contributed by atoms with Crippen LogP contribution in [-0.2, 0) is 0 Å². The summed E-state index contributed by atoms with van der Waals surface area (Å²) in [5, 5.41) is 5.37. The van der Waals surface area contributed by atoms with Gasteiger partial charge >= 0.3 is 0 Å². The highest BCUT2D eigenvalue weighted by Gasteiger charge is 2.06. The SMILES string of the molecule is Cc1cc(C)c(-c2[c]scc2)c(C)c1. The Hall–Kier alpha value is -1.08. The summed E-state index contributed by atoms with van der Waals surface area (Å²) in [6.07, 6.45) is 0. The van der Waals surface area contributed by atoms with Crippen LogP contribution in [0.1, 0.15) is 16.7 Å². The van der Waals surface area contributed by atoms with Crippen LogP contribution in [0.5, 0.6) is 0 Å². The standard InChI is InChI=1S/C13H13S/c1-9-6-10(2)13(11(3)7-9)12-4-5-14-8-12/h4-7H,1-3H3. The van der Waals surface area contributed by atoms with Gasteiger partial charge in [-0.1, -0.05) is 17.7 Å². The smallest absolute Gasteiger partial charge is 0.0527 e. The molecule has 1 heteroatoms. The number of rotatable bonds is 1. The predicted molar refractivity (Wildman–Crippen MR) is 62.8 cm³/mol. The fourth-order valence-corrected chi connectivity index (χ4v) is 2.54. The molecule has 0 aliphatic rings. The molecule has 1 aromatic carbocycles. The maximum atomic E-state index is 3.30. The van der Waals surface area contributed by atoms with Crippen molar-refractivity contribution in [2.75, 3.05) is 0 Å². The third-order valence-corrected chi connectivity index (χ3v) is 3.03. The number of hydrogen-bond donors (Lipinski definition) is 0. The summed E-state index contributed by atoms with van der Waals surface area (Å²) in [4.78, 5) is 0. The van der Waals surface area contributed by atoms with Crippen LogP contribution >= 0.6 is 11.3 Å². The fourth-order valence-electron chi connectivity index (χ4n) is 1.97. The molecule has 0 fully saturated rings. The van der Waals surface area contributed by atoms with E-state index in [0.29, 0.717) is 0 Å². The van der Waals surface area contributed by atoms with E-state index in [1.165, 1.54) is 27.8 Å². The highest BCUT2D eigenvalue weighted by Crippen LogP contribution is 2.29. The van der Waals surface area contributed by atoms with Crippen LogP contribution in [0.2, 0.25) is 0 Å². The first-order chi connectivity index (χ1) is 6.68.